The summed E-state index contributed by atoms with van der Waals surface area (Å²) in [4.78, 5) is 4.06. The van der Waals surface area contributed by atoms with Crippen molar-refractivity contribution < 1.29 is 4.42 Å². The van der Waals surface area contributed by atoms with Crippen LogP contribution in [0.25, 0.3) is 21.9 Å². The summed E-state index contributed by atoms with van der Waals surface area (Å²) in [7, 11) is 0. The Balaban J connectivity index is 2.59. The molecule has 0 N–H and O–H groups in total. The second-order valence-corrected chi connectivity index (χ2v) is 4.53. The van der Waals surface area contributed by atoms with Crippen LogP contribution in [0.3, 0.4) is 0 Å². The fraction of sp³-hybridized carbons (Fsp3) is 0. The van der Waals surface area contributed by atoms with Crippen molar-refractivity contribution in [1.29, 1.82) is 0 Å². The van der Waals surface area contributed by atoms with Gasteiger partial charge in [0.1, 0.15) is 5.58 Å². The summed E-state index contributed by atoms with van der Waals surface area (Å²) in [6, 6.07) is 5.61. The highest BCUT2D eigenvalue weighted by Crippen LogP contribution is 2.34. The van der Waals surface area contributed by atoms with E-state index in [-0.39, 0.29) is 0 Å². The van der Waals surface area contributed by atoms with Gasteiger partial charge in [-0.15, -0.1) is 0 Å². The molecular weight excluding hydrogens is 277 g/mol. The van der Waals surface area contributed by atoms with Gasteiger partial charge in [-0.25, -0.2) is 0 Å². The van der Waals surface area contributed by atoms with Crippen molar-refractivity contribution in [2.24, 2.45) is 0 Å². The summed E-state index contributed by atoms with van der Waals surface area (Å²) in [6.45, 7) is 0. The van der Waals surface area contributed by atoms with Gasteiger partial charge in [0.15, 0.2) is 5.58 Å². The van der Waals surface area contributed by atoms with Gasteiger partial charge in [-0.2, -0.15) is 0 Å². The molecule has 0 spiro atoms. The fourth-order valence-electron chi connectivity index (χ4n) is 1.66. The zero-order chi connectivity index (χ0) is 10.4. The van der Waals surface area contributed by atoms with E-state index in [2.05, 4.69) is 20.9 Å². The number of pyridine rings is 1. The lowest BCUT2D eigenvalue weighted by molar-refractivity contribution is 0.667. The van der Waals surface area contributed by atoms with Crippen molar-refractivity contribution in [3.8, 4) is 0 Å². The van der Waals surface area contributed by atoms with Crippen LogP contribution in [0, 0.1) is 0 Å². The van der Waals surface area contributed by atoms with Crippen molar-refractivity contribution in [3.05, 3.63) is 40.1 Å². The molecule has 4 heteroatoms. The Morgan fingerprint density at radius 2 is 2.07 bits per heavy atom. The fourth-order valence-corrected chi connectivity index (χ4v) is 2.35. The number of rotatable bonds is 0. The molecule has 0 atom stereocenters. The van der Waals surface area contributed by atoms with Gasteiger partial charge < -0.3 is 4.42 Å². The third-order valence-corrected chi connectivity index (χ3v) is 3.13. The maximum absolute atomic E-state index is 5.90. The molecule has 0 saturated heterocycles. The minimum absolute atomic E-state index is 0.672. The van der Waals surface area contributed by atoms with E-state index in [4.69, 9.17) is 16.0 Å². The lowest BCUT2D eigenvalue weighted by atomic mass is 10.2. The monoisotopic (exact) mass is 281 g/mol. The summed E-state index contributed by atoms with van der Waals surface area (Å²) in [5.74, 6) is 0. The molecule has 0 aliphatic rings. The van der Waals surface area contributed by atoms with Crippen molar-refractivity contribution in [1.82, 2.24) is 4.98 Å². The molecule has 0 bridgehead atoms. The lowest BCUT2D eigenvalue weighted by Gasteiger charge is -1.92. The molecule has 0 aliphatic carbocycles. The number of halogens is 2. The molecule has 3 rings (SSSR count). The van der Waals surface area contributed by atoms with E-state index >= 15 is 0 Å². The third kappa shape index (κ3) is 1.34. The molecule has 0 amide bonds. The molecule has 0 unspecified atom stereocenters. The molecule has 1 aromatic carbocycles. The molecule has 2 aromatic heterocycles. The van der Waals surface area contributed by atoms with E-state index in [0.717, 1.165) is 26.4 Å². The highest BCUT2D eigenvalue weighted by atomic mass is 79.9. The molecule has 3 aromatic rings. The van der Waals surface area contributed by atoms with Crippen molar-refractivity contribution in [3.63, 3.8) is 0 Å². The second-order valence-electron chi connectivity index (χ2n) is 3.24. The van der Waals surface area contributed by atoms with Gasteiger partial charge in [-0.05, 0) is 28.1 Å². The minimum Gasteiger partial charge on any atom is -0.454 e. The van der Waals surface area contributed by atoms with Crippen LogP contribution in [0.4, 0.5) is 0 Å². The average Bonchev–Trinajstić information content (AvgIpc) is 2.56. The normalized spacial score (nSPS) is 11.3. The summed E-state index contributed by atoms with van der Waals surface area (Å²) < 4.78 is 6.57. The van der Waals surface area contributed by atoms with E-state index < -0.39 is 0 Å². The highest BCUT2D eigenvalue weighted by molar-refractivity contribution is 9.10. The Morgan fingerprint density at radius 3 is 2.93 bits per heavy atom. The second kappa shape index (κ2) is 3.22. The number of aromatic nitrogens is 1. The van der Waals surface area contributed by atoms with Crippen LogP contribution in [-0.2, 0) is 0 Å². The first-order chi connectivity index (χ1) is 7.25. The number of fused-ring (bicyclic) bond motifs is 3. The molecule has 0 fully saturated rings. The number of hydrogen-bond acceptors (Lipinski definition) is 2. The van der Waals surface area contributed by atoms with Crippen LogP contribution in [0.2, 0.25) is 5.02 Å². The maximum atomic E-state index is 5.90. The molecule has 15 heavy (non-hydrogen) atoms. The molecule has 2 nitrogen and oxygen atoms in total. The Kier molecular flexibility index (Phi) is 1.97. The van der Waals surface area contributed by atoms with Gasteiger partial charge in [0, 0.05) is 32.5 Å². The van der Waals surface area contributed by atoms with Crippen LogP contribution >= 0.6 is 27.5 Å². The molecule has 0 aliphatic heterocycles. The predicted molar refractivity (Wildman–Crippen MR) is 64.2 cm³/mol. The van der Waals surface area contributed by atoms with Crippen molar-refractivity contribution >= 4 is 49.5 Å². The van der Waals surface area contributed by atoms with Crippen LogP contribution in [0.15, 0.2) is 39.5 Å². The van der Waals surface area contributed by atoms with Gasteiger partial charge >= 0.3 is 0 Å². The molecular formula is C11H5BrClNO. The van der Waals surface area contributed by atoms with Crippen molar-refractivity contribution in [2.75, 3.05) is 0 Å². The quantitative estimate of drug-likeness (QED) is 0.611. The summed E-state index contributed by atoms with van der Waals surface area (Å²) in [6.07, 6.45) is 3.46. The van der Waals surface area contributed by atoms with E-state index in [1.54, 1.807) is 12.4 Å². The first-order valence-electron chi connectivity index (χ1n) is 4.37. The number of furan rings is 1. The van der Waals surface area contributed by atoms with E-state index in [1.165, 1.54) is 0 Å². The lowest BCUT2D eigenvalue weighted by Crippen LogP contribution is -1.72. The van der Waals surface area contributed by atoms with Crippen molar-refractivity contribution in [2.45, 2.75) is 0 Å². The Hall–Kier alpha value is -1.06. The molecule has 2 heterocycles. The van der Waals surface area contributed by atoms with Gasteiger partial charge in [-0.3, -0.25) is 4.98 Å². The van der Waals surface area contributed by atoms with Crippen LogP contribution in [-0.4, -0.2) is 4.98 Å². The van der Waals surface area contributed by atoms with Gasteiger partial charge in [0.2, 0.25) is 0 Å². The Labute approximate surface area is 99.0 Å². The Bertz CT molecular complexity index is 662. The molecule has 0 saturated carbocycles. The molecule has 74 valence electrons. The summed E-state index contributed by atoms with van der Waals surface area (Å²) in [5.41, 5.74) is 1.55. The van der Waals surface area contributed by atoms with Gasteiger partial charge in [0.25, 0.3) is 0 Å². The number of hydrogen-bond donors (Lipinski definition) is 0. The van der Waals surface area contributed by atoms with E-state index in [0.29, 0.717) is 5.02 Å². The van der Waals surface area contributed by atoms with Crippen LogP contribution in [0.1, 0.15) is 0 Å². The van der Waals surface area contributed by atoms with Crippen LogP contribution < -0.4 is 0 Å². The SMILES string of the molecule is Clc1ccc2c(c1)oc1cncc(Br)c12. The summed E-state index contributed by atoms with van der Waals surface area (Å²) >= 11 is 9.36. The van der Waals surface area contributed by atoms with Crippen LogP contribution in [0.5, 0.6) is 0 Å². The topological polar surface area (TPSA) is 26.0 Å². The zero-order valence-electron chi connectivity index (χ0n) is 7.50. The summed E-state index contributed by atoms with van der Waals surface area (Å²) in [5, 5.41) is 2.76. The highest BCUT2D eigenvalue weighted by Gasteiger charge is 2.09. The standard InChI is InChI=1S/C11H5BrClNO/c12-8-4-14-5-10-11(8)7-2-1-6(13)3-9(7)15-10/h1-5H. The first-order valence-corrected chi connectivity index (χ1v) is 5.54. The predicted octanol–water partition coefficient (Wildman–Crippen LogP) is 4.40. The maximum Gasteiger partial charge on any atom is 0.154 e. The van der Waals surface area contributed by atoms with Gasteiger partial charge in [-0.1, -0.05) is 11.6 Å². The Morgan fingerprint density at radius 1 is 1.20 bits per heavy atom. The molecule has 0 radical (unpaired) electrons. The van der Waals surface area contributed by atoms with Gasteiger partial charge in [0.05, 0.1) is 6.20 Å². The van der Waals surface area contributed by atoms with E-state index in [9.17, 15) is 0 Å². The van der Waals surface area contributed by atoms with E-state index in [1.807, 2.05) is 18.2 Å². The smallest absolute Gasteiger partial charge is 0.154 e. The average molecular weight is 283 g/mol. The third-order valence-electron chi connectivity index (χ3n) is 2.30. The minimum atomic E-state index is 0.672. The zero-order valence-corrected chi connectivity index (χ0v) is 9.84. The number of nitrogens with zero attached hydrogens (tertiary/aromatic N) is 1. The first kappa shape index (κ1) is 9.19. The largest absolute Gasteiger partial charge is 0.454 e. The number of benzene rings is 1.